The van der Waals surface area contributed by atoms with Crippen molar-refractivity contribution in [1.82, 2.24) is 4.31 Å². The molecule has 0 heterocycles. The number of amides is 1. The maximum absolute atomic E-state index is 12.8. The maximum Gasteiger partial charge on any atom is 0.255 e. The fraction of sp³-hybridized carbons (Fsp3) is 0.316. The van der Waals surface area contributed by atoms with E-state index in [0.29, 0.717) is 30.1 Å². The van der Waals surface area contributed by atoms with Crippen LogP contribution in [-0.4, -0.2) is 38.8 Å². The van der Waals surface area contributed by atoms with Crippen molar-refractivity contribution in [3.05, 3.63) is 53.6 Å². The fourth-order valence-corrected chi connectivity index (χ4v) is 4.33. The molecule has 26 heavy (non-hydrogen) atoms. The van der Waals surface area contributed by atoms with E-state index in [1.54, 1.807) is 64.3 Å². The fourth-order valence-electron chi connectivity index (χ4n) is 2.63. The molecule has 0 bridgehead atoms. The number of hydrogen-bond donors (Lipinski definition) is 1. The van der Waals surface area contributed by atoms with Crippen molar-refractivity contribution in [3.8, 4) is 5.75 Å². The summed E-state index contributed by atoms with van der Waals surface area (Å²) in [4.78, 5) is 12.7. The summed E-state index contributed by atoms with van der Waals surface area (Å²) < 4.78 is 32.1. The maximum atomic E-state index is 12.8. The van der Waals surface area contributed by atoms with Crippen LogP contribution in [0.2, 0.25) is 0 Å². The van der Waals surface area contributed by atoms with Crippen molar-refractivity contribution < 1.29 is 17.9 Å². The molecule has 7 heteroatoms. The first kappa shape index (κ1) is 19.9. The van der Waals surface area contributed by atoms with Gasteiger partial charge in [-0.15, -0.1) is 0 Å². The van der Waals surface area contributed by atoms with Gasteiger partial charge in [-0.1, -0.05) is 26.0 Å². The summed E-state index contributed by atoms with van der Waals surface area (Å²) in [5, 5.41) is 2.76. The second-order valence-corrected chi connectivity index (χ2v) is 7.66. The molecular weight excluding hydrogens is 352 g/mol. The third-order valence-corrected chi connectivity index (χ3v) is 6.29. The molecule has 1 amide bonds. The molecule has 2 aromatic rings. The molecule has 0 fully saturated rings. The van der Waals surface area contributed by atoms with E-state index in [-0.39, 0.29) is 16.4 Å². The van der Waals surface area contributed by atoms with Crippen molar-refractivity contribution in [2.75, 3.05) is 25.5 Å². The lowest BCUT2D eigenvalue weighted by Crippen LogP contribution is -2.31. The van der Waals surface area contributed by atoms with Gasteiger partial charge >= 0.3 is 0 Å². The zero-order valence-corrected chi connectivity index (χ0v) is 16.3. The number of sulfonamides is 1. The van der Waals surface area contributed by atoms with Gasteiger partial charge in [0, 0.05) is 30.4 Å². The molecule has 0 unspecified atom stereocenters. The van der Waals surface area contributed by atoms with Gasteiger partial charge in [0.05, 0.1) is 12.0 Å². The molecule has 0 radical (unpaired) electrons. The third-order valence-electron chi connectivity index (χ3n) is 4.10. The molecule has 0 spiro atoms. The lowest BCUT2D eigenvalue weighted by Gasteiger charge is -2.20. The van der Waals surface area contributed by atoms with E-state index >= 15 is 0 Å². The van der Waals surface area contributed by atoms with Crippen LogP contribution in [0.1, 0.15) is 29.8 Å². The van der Waals surface area contributed by atoms with Gasteiger partial charge in [-0.05, 0) is 36.8 Å². The molecule has 0 aromatic heterocycles. The van der Waals surface area contributed by atoms with Crippen LogP contribution in [0.4, 0.5) is 5.69 Å². The molecule has 140 valence electrons. The van der Waals surface area contributed by atoms with Crippen LogP contribution < -0.4 is 10.1 Å². The Morgan fingerprint density at radius 2 is 1.81 bits per heavy atom. The summed E-state index contributed by atoms with van der Waals surface area (Å²) in [6.45, 7) is 6.04. The quantitative estimate of drug-likeness (QED) is 0.805. The van der Waals surface area contributed by atoms with Crippen molar-refractivity contribution in [1.29, 1.82) is 0 Å². The lowest BCUT2D eigenvalue weighted by molar-refractivity contribution is 0.102. The first-order valence-corrected chi connectivity index (χ1v) is 9.83. The lowest BCUT2D eigenvalue weighted by atomic mass is 10.1. The molecule has 0 saturated heterocycles. The van der Waals surface area contributed by atoms with Gasteiger partial charge < -0.3 is 10.1 Å². The van der Waals surface area contributed by atoms with E-state index in [2.05, 4.69) is 5.32 Å². The van der Waals surface area contributed by atoms with E-state index in [1.807, 2.05) is 0 Å². The Kier molecular flexibility index (Phi) is 6.39. The van der Waals surface area contributed by atoms with Gasteiger partial charge in [0.2, 0.25) is 10.0 Å². The van der Waals surface area contributed by atoms with Crippen molar-refractivity contribution in [3.63, 3.8) is 0 Å². The summed E-state index contributed by atoms with van der Waals surface area (Å²) in [6, 6.07) is 11.7. The summed E-state index contributed by atoms with van der Waals surface area (Å²) in [7, 11) is -2.09. The van der Waals surface area contributed by atoms with E-state index in [4.69, 9.17) is 4.74 Å². The van der Waals surface area contributed by atoms with Crippen molar-refractivity contribution in [2.45, 2.75) is 25.7 Å². The highest BCUT2D eigenvalue weighted by molar-refractivity contribution is 7.89. The molecule has 2 aromatic carbocycles. The zero-order valence-electron chi connectivity index (χ0n) is 15.4. The van der Waals surface area contributed by atoms with Gasteiger partial charge in [-0.25, -0.2) is 8.42 Å². The van der Waals surface area contributed by atoms with Crippen LogP contribution in [0.3, 0.4) is 0 Å². The summed E-state index contributed by atoms with van der Waals surface area (Å²) in [5.41, 5.74) is 1.46. The second kappa shape index (κ2) is 8.33. The minimum Gasteiger partial charge on any atom is -0.497 e. The van der Waals surface area contributed by atoms with Crippen LogP contribution in [0.5, 0.6) is 5.75 Å². The minimum absolute atomic E-state index is 0.152. The third kappa shape index (κ3) is 4.23. The number of rotatable bonds is 7. The SMILES string of the molecule is CCN(CC)S(=O)(=O)c1cc(C(=O)Nc2cccc(OC)c2)ccc1C. The smallest absolute Gasteiger partial charge is 0.255 e. The first-order chi connectivity index (χ1) is 12.3. The number of aryl methyl sites for hydroxylation is 1. The van der Waals surface area contributed by atoms with Crippen LogP contribution in [-0.2, 0) is 10.0 Å². The summed E-state index contributed by atoms with van der Waals surface area (Å²) >= 11 is 0. The highest BCUT2D eigenvalue weighted by atomic mass is 32.2. The van der Waals surface area contributed by atoms with Crippen LogP contribution in [0, 0.1) is 6.92 Å². The monoisotopic (exact) mass is 376 g/mol. The number of benzene rings is 2. The molecule has 0 aliphatic carbocycles. The predicted molar refractivity (Wildman–Crippen MR) is 102 cm³/mol. The Morgan fingerprint density at radius 3 is 2.42 bits per heavy atom. The van der Waals surface area contributed by atoms with Crippen LogP contribution in [0.15, 0.2) is 47.4 Å². The largest absolute Gasteiger partial charge is 0.497 e. The van der Waals surface area contributed by atoms with Gasteiger partial charge in [0.15, 0.2) is 0 Å². The number of ether oxygens (including phenoxy) is 1. The average Bonchev–Trinajstić information content (AvgIpc) is 2.62. The predicted octanol–water partition coefficient (Wildman–Crippen LogP) is 3.29. The van der Waals surface area contributed by atoms with E-state index in [0.717, 1.165) is 0 Å². The zero-order chi connectivity index (χ0) is 19.3. The summed E-state index contributed by atoms with van der Waals surface area (Å²) in [6.07, 6.45) is 0. The van der Waals surface area contributed by atoms with Crippen LogP contribution >= 0.6 is 0 Å². The minimum atomic E-state index is -3.64. The average molecular weight is 376 g/mol. The number of methoxy groups -OCH3 is 1. The molecule has 1 N–H and O–H groups in total. The number of nitrogens with zero attached hydrogens (tertiary/aromatic N) is 1. The van der Waals surface area contributed by atoms with Gasteiger partial charge in [0.25, 0.3) is 5.91 Å². The molecule has 0 atom stereocenters. The van der Waals surface area contributed by atoms with Crippen molar-refractivity contribution in [2.24, 2.45) is 0 Å². The Bertz CT molecular complexity index is 890. The van der Waals surface area contributed by atoms with E-state index < -0.39 is 10.0 Å². The van der Waals surface area contributed by atoms with Crippen LogP contribution in [0.25, 0.3) is 0 Å². The van der Waals surface area contributed by atoms with Gasteiger partial charge in [-0.2, -0.15) is 4.31 Å². The second-order valence-electron chi connectivity index (χ2n) is 5.76. The topological polar surface area (TPSA) is 75.7 Å². The molecule has 6 nitrogen and oxygen atoms in total. The summed E-state index contributed by atoms with van der Waals surface area (Å²) in [5.74, 6) is 0.241. The van der Waals surface area contributed by atoms with E-state index in [9.17, 15) is 13.2 Å². The first-order valence-electron chi connectivity index (χ1n) is 8.39. The van der Waals surface area contributed by atoms with Crippen molar-refractivity contribution >= 4 is 21.6 Å². The highest BCUT2D eigenvalue weighted by Gasteiger charge is 2.24. The Balaban J connectivity index is 2.35. The van der Waals surface area contributed by atoms with Gasteiger partial charge in [-0.3, -0.25) is 4.79 Å². The Morgan fingerprint density at radius 1 is 1.12 bits per heavy atom. The number of anilines is 1. The Labute approximate surface area is 154 Å². The number of hydrogen-bond acceptors (Lipinski definition) is 4. The number of nitrogens with one attached hydrogen (secondary N) is 1. The number of carbonyl (C=O) groups is 1. The highest BCUT2D eigenvalue weighted by Crippen LogP contribution is 2.23. The van der Waals surface area contributed by atoms with Gasteiger partial charge in [0.1, 0.15) is 5.75 Å². The van der Waals surface area contributed by atoms with E-state index in [1.165, 1.54) is 10.4 Å². The molecular formula is C19H24N2O4S. The molecule has 2 rings (SSSR count). The molecule has 0 aliphatic rings. The molecule has 0 aliphatic heterocycles. The molecule has 0 saturated carbocycles. The number of carbonyl (C=O) groups excluding carboxylic acids is 1. The standard InChI is InChI=1S/C19H24N2O4S/c1-5-21(6-2)26(23,24)18-12-15(11-10-14(18)3)19(22)20-16-8-7-9-17(13-16)25-4/h7-13H,5-6H2,1-4H3,(H,20,22). The normalized spacial score (nSPS) is 11.4. The Hall–Kier alpha value is -2.38.